The van der Waals surface area contributed by atoms with Crippen molar-refractivity contribution in [2.75, 3.05) is 11.5 Å². The van der Waals surface area contributed by atoms with E-state index in [2.05, 4.69) is 42.6 Å². The van der Waals surface area contributed by atoms with Gasteiger partial charge in [0.05, 0.1) is 5.39 Å². The van der Waals surface area contributed by atoms with E-state index in [0.29, 0.717) is 23.4 Å². The lowest BCUT2D eigenvalue weighted by Crippen LogP contribution is -2.17. The van der Waals surface area contributed by atoms with E-state index >= 15 is 0 Å². The van der Waals surface area contributed by atoms with Crippen LogP contribution in [0.3, 0.4) is 0 Å². The summed E-state index contributed by atoms with van der Waals surface area (Å²) in [5.41, 5.74) is 15.9. The third-order valence-corrected chi connectivity index (χ3v) is 4.43. The molecule has 0 fully saturated rings. The molecule has 0 saturated carbocycles. The molecule has 0 amide bonds. The highest BCUT2D eigenvalue weighted by Crippen LogP contribution is 2.34. The SMILES string of the molecule is CCCc1nc2cc(-c3nn(CC(C)(C)C)c4nc(N)nc(N)c34)ccc2o1. The molecule has 4 N–H and O–H groups in total. The number of nitrogens with zero attached hydrogens (tertiary/aromatic N) is 5. The summed E-state index contributed by atoms with van der Waals surface area (Å²) in [6.07, 6.45) is 1.80. The van der Waals surface area contributed by atoms with Gasteiger partial charge in [0.1, 0.15) is 17.0 Å². The Hall–Kier alpha value is -3.16. The van der Waals surface area contributed by atoms with Crippen molar-refractivity contribution >= 4 is 33.9 Å². The Balaban J connectivity index is 1.91. The van der Waals surface area contributed by atoms with E-state index in [1.165, 1.54) is 0 Å². The van der Waals surface area contributed by atoms with Crippen molar-refractivity contribution in [3.8, 4) is 11.3 Å². The summed E-state index contributed by atoms with van der Waals surface area (Å²) in [7, 11) is 0. The van der Waals surface area contributed by atoms with Crippen LogP contribution < -0.4 is 11.5 Å². The number of oxazole rings is 1. The van der Waals surface area contributed by atoms with Crippen molar-refractivity contribution in [1.82, 2.24) is 24.7 Å². The first-order chi connectivity index (χ1) is 13.2. The molecule has 0 saturated heterocycles. The zero-order valence-electron chi connectivity index (χ0n) is 16.7. The first-order valence-electron chi connectivity index (χ1n) is 9.44. The topological polar surface area (TPSA) is 122 Å². The number of benzene rings is 1. The lowest BCUT2D eigenvalue weighted by atomic mass is 9.97. The zero-order chi connectivity index (χ0) is 20.1. The number of aromatic nitrogens is 5. The number of aryl methyl sites for hydroxylation is 1. The predicted octanol–water partition coefficient (Wildman–Crippen LogP) is 3.80. The maximum atomic E-state index is 6.21. The van der Waals surface area contributed by atoms with Crippen molar-refractivity contribution in [1.29, 1.82) is 0 Å². The molecule has 0 spiro atoms. The van der Waals surface area contributed by atoms with Crippen LogP contribution in [0.15, 0.2) is 22.6 Å². The van der Waals surface area contributed by atoms with Crippen molar-refractivity contribution in [3.05, 3.63) is 24.1 Å². The maximum absolute atomic E-state index is 6.21. The molecule has 0 aliphatic heterocycles. The van der Waals surface area contributed by atoms with Gasteiger partial charge in [-0.2, -0.15) is 15.1 Å². The van der Waals surface area contributed by atoms with Crippen molar-refractivity contribution in [2.45, 2.75) is 47.1 Å². The summed E-state index contributed by atoms with van der Waals surface area (Å²) in [5.74, 6) is 1.21. The second kappa shape index (κ2) is 6.47. The van der Waals surface area contributed by atoms with Gasteiger partial charge in [-0.25, -0.2) is 9.67 Å². The molecule has 28 heavy (non-hydrogen) atoms. The van der Waals surface area contributed by atoms with Crippen LogP contribution >= 0.6 is 0 Å². The number of hydrogen-bond donors (Lipinski definition) is 2. The molecule has 0 bridgehead atoms. The highest BCUT2D eigenvalue weighted by molar-refractivity contribution is 6.00. The van der Waals surface area contributed by atoms with E-state index in [-0.39, 0.29) is 11.4 Å². The molecule has 3 aromatic heterocycles. The molecule has 8 heteroatoms. The van der Waals surface area contributed by atoms with Gasteiger partial charge in [0.25, 0.3) is 0 Å². The lowest BCUT2D eigenvalue weighted by molar-refractivity contribution is 0.331. The average molecular weight is 379 g/mol. The standard InChI is InChI=1S/C20H25N7O/c1-5-6-14-23-12-9-11(7-8-13(12)28-14)16-15-17(21)24-19(22)25-18(15)27(26-16)10-20(2,3)4/h7-9H,5-6,10H2,1-4H3,(H4,21,22,24,25). The molecular weight excluding hydrogens is 354 g/mol. The van der Waals surface area contributed by atoms with Crippen LogP contribution in [-0.2, 0) is 13.0 Å². The van der Waals surface area contributed by atoms with Gasteiger partial charge in [0, 0.05) is 18.5 Å². The minimum Gasteiger partial charge on any atom is -0.441 e. The van der Waals surface area contributed by atoms with E-state index in [0.717, 1.165) is 41.1 Å². The molecule has 0 radical (unpaired) electrons. The Labute approximate surface area is 163 Å². The second-order valence-electron chi connectivity index (χ2n) is 8.27. The van der Waals surface area contributed by atoms with Gasteiger partial charge in [-0.15, -0.1) is 0 Å². The molecule has 0 aliphatic rings. The molecule has 0 atom stereocenters. The normalized spacial score (nSPS) is 12.3. The summed E-state index contributed by atoms with van der Waals surface area (Å²) in [6, 6.07) is 5.85. The van der Waals surface area contributed by atoms with Crippen LogP contribution in [0, 0.1) is 5.41 Å². The monoisotopic (exact) mass is 379 g/mol. The smallest absolute Gasteiger partial charge is 0.224 e. The van der Waals surface area contributed by atoms with E-state index in [1.807, 2.05) is 22.9 Å². The highest BCUT2D eigenvalue weighted by Gasteiger charge is 2.22. The van der Waals surface area contributed by atoms with E-state index in [9.17, 15) is 0 Å². The Bertz CT molecular complexity index is 1170. The molecule has 0 aliphatic carbocycles. The Morgan fingerprint density at radius 2 is 1.89 bits per heavy atom. The van der Waals surface area contributed by atoms with Gasteiger partial charge in [-0.1, -0.05) is 27.7 Å². The van der Waals surface area contributed by atoms with Gasteiger partial charge in [-0.3, -0.25) is 0 Å². The molecule has 4 rings (SSSR count). The number of nitrogen functional groups attached to an aromatic ring is 2. The van der Waals surface area contributed by atoms with Crippen LogP contribution in [-0.4, -0.2) is 24.7 Å². The number of hydrogen-bond acceptors (Lipinski definition) is 7. The molecule has 4 aromatic rings. The number of fused-ring (bicyclic) bond motifs is 2. The summed E-state index contributed by atoms with van der Waals surface area (Å²) in [5, 5.41) is 5.52. The Kier molecular flexibility index (Phi) is 4.21. The van der Waals surface area contributed by atoms with Crippen molar-refractivity contribution in [2.24, 2.45) is 5.41 Å². The molecule has 0 unspecified atom stereocenters. The number of nitrogens with two attached hydrogens (primary N) is 2. The van der Waals surface area contributed by atoms with E-state index in [4.69, 9.17) is 21.0 Å². The summed E-state index contributed by atoms with van der Waals surface area (Å²) < 4.78 is 7.65. The lowest BCUT2D eigenvalue weighted by Gasteiger charge is -2.18. The Morgan fingerprint density at radius 1 is 1.11 bits per heavy atom. The van der Waals surface area contributed by atoms with Crippen molar-refractivity contribution < 1.29 is 4.42 Å². The maximum Gasteiger partial charge on any atom is 0.224 e. The third-order valence-electron chi connectivity index (χ3n) is 4.43. The fraction of sp³-hybridized carbons (Fsp3) is 0.400. The zero-order valence-corrected chi connectivity index (χ0v) is 16.7. The first kappa shape index (κ1) is 18.2. The minimum absolute atomic E-state index is 0.00974. The van der Waals surface area contributed by atoms with Crippen LogP contribution in [0.5, 0.6) is 0 Å². The van der Waals surface area contributed by atoms with Crippen LogP contribution in [0.4, 0.5) is 11.8 Å². The summed E-state index contributed by atoms with van der Waals surface area (Å²) >= 11 is 0. The molecular formula is C20H25N7O. The van der Waals surface area contributed by atoms with Gasteiger partial charge in [0.15, 0.2) is 17.1 Å². The fourth-order valence-corrected chi connectivity index (χ4v) is 3.32. The van der Waals surface area contributed by atoms with Gasteiger partial charge in [-0.05, 0) is 30.0 Å². The average Bonchev–Trinajstić information content (AvgIpc) is 3.14. The number of rotatable bonds is 4. The number of anilines is 2. The van der Waals surface area contributed by atoms with Gasteiger partial charge < -0.3 is 15.9 Å². The van der Waals surface area contributed by atoms with Crippen molar-refractivity contribution in [3.63, 3.8) is 0 Å². The highest BCUT2D eigenvalue weighted by atomic mass is 16.3. The molecule has 3 heterocycles. The first-order valence-corrected chi connectivity index (χ1v) is 9.44. The summed E-state index contributed by atoms with van der Waals surface area (Å²) in [4.78, 5) is 13.1. The largest absolute Gasteiger partial charge is 0.441 e. The second-order valence-corrected chi connectivity index (χ2v) is 8.27. The van der Waals surface area contributed by atoms with Crippen LogP contribution in [0.1, 0.15) is 40.0 Å². The molecule has 1 aromatic carbocycles. The summed E-state index contributed by atoms with van der Waals surface area (Å²) in [6.45, 7) is 9.20. The van der Waals surface area contributed by atoms with Gasteiger partial charge in [0.2, 0.25) is 5.95 Å². The van der Waals surface area contributed by atoms with Gasteiger partial charge >= 0.3 is 0 Å². The molecule has 8 nitrogen and oxygen atoms in total. The minimum atomic E-state index is 0.00974. The van der Waals surface area contributed by atoms with E-state index in [1.54, 1.807) is 0 Å². The van der Waals surface area contributed by atoms with Crippen LogP contribution in [0.25, 0.3) is 33.4 Å². The quantitative estimate of drug-likeness (QED) is 0.553. The molecule has 146 valence electrons. The fourth-order valence-electron chi connectivity index (χ4n) is 3.32. The predicted molar refractivity (Wildman–Crippen MR) is 111 cm³/mol. The third kappa shape index (κ3) is 3.26. The van der Waals surface area contributed by atoms with Crippen LogP contribution in [0.2, 0.25) is 0 Å². The van der Waals surface area contributed by atoms with E-state index < -0.39 is 0 Å². The Morgan fingerprint density at radius 3 is 2.61 bits per heavy atom.